The maximum absolute atomic E-state index is 11.2. The van der Waals surface area contributed by atoms with Gasteiger partial charge in [0.1, 0.15) is 5.69 Å². The van der Waals surface area contributed by atoms with Crippen molar-refractivity contribution in [2.24, 2.45) is 5.41 Å². The van der Waals surface area contributed by atoms with Crippen LogP contribution in [0.3, 0.4) is 0 Å². The predicted molar refractivity (Wildman–Crippen MR) is 70.4 cm³/mol. The van der Waals surface area contributed by atoms with E-state index >= 15 is 0 Å². The van der Waals surface area contributed by atoms with Crippen LogP contribution in [0.25, 0.3) is 0 Å². The van der Waals surface area contributed by atoms with Crippen LogP contribution >= 0.6 is 0 Å². The number of carboxylic acids is 1. The lowest BCUT2D eigenvalue weighted by atomic mass is 9.90. The van der Waals surface area contributed by atoms with Crippen LogP contribution in [-0.4, -0.2) is 29.1 Å². The molecule has 1 N–H and O–H groups in total. The van der Waals surface area contributed by atoms with Crippen LogP contribution in [0.2, 0.25) is 0 Å². The summed E-state index contributed by atoms with van der Waals surface area (Å²) in [6, 6.07) is 6.04. The average Bonchev–Trinajstić information content (AvgIpc) is 2.82. The number of nitriles is 1. The fourth-order valence-electron chi connectivity index (χ4n) is 2.34. The van der Waals surface area contributed by atoms with E-state index in [1.54, 1.807) is 11.8 Å². The molecule has 1 heterocycles. The second-order valence-corrected chi connectivity index (χ2v) is 5.11. The van der Waals surface area contributed by atoms with E-state index in [9.17, 15) is 20.0 Å². The molecular weight excluding hydrogens is 262 g/mol. The third-order valence-corrected chi connectivity index (χ3v) is 3.63. The zero-order chi connectivity index (χ0) is 14.9. The molecule has 2 rings (SSSR count). The molecule has 0 aliphatic carbocycles. The number of nitro benzene ring substituents is 1. The van der Waals surface area contributed by atoms with Crippen LogP contribution in [-0.2, 0) is 4.79 Å². The van der Waals surface area contributed by atoms with Crippen molar-refractivity contribution in [1.82, 2.24) is 0 Å². The van der Waals surface area contributed by atoms with Crippen molar-refractivity contribution >= 4 is 17.3 Å². The van der Waals surface area contributed by atoms with E-state index in [4.69, 9.17) is 5.26 Å². The highest BCUT2D eigenvalue weighted by Crippen LogP contribution is 2.37. The Labute approximate surface area is 115 Å². The Morgan fingerprint density at radius 3 is 2.80 bits per heavy atom. The number of hydrogen-bond acceptors (Lipinski definition) is 5. The minimum absolute atomic E-state index is 0.112. The second kappa shape index (κ2) is 4.81. The van der Waals surface area contributed by atoms with Gasteiger partial charge in [0.25, 0.3) is 5.69 Å². The largest absolute Gasteiger partial charge is 0.481 e. The number of rotatable bonds is 3. The molecule has 1 aliphatic heterocycles. The van der Waals surface area contributed by atoms with Crippen molar-refractivity contribution in [2.75, 3.05) is 18.0 Å². The van der Waals surface area contributed by atoms with E-state index < -0.39 is 16.3 Å². The number of hydrogen-bond donors (Lipinski definition) is 1. The number of anilines is 1. The van der Waals surface area contributed by atoms with Crippen LogP contribution in [0.15, 0.2) is 18.2 Å². The standard InChI is InChI=1S/C13H13N3O4/c1-13(12(17)18)4-5-15(8-13)11-6-9(7-14)2-3-10(11)16(19)20/h2-3,6H,4-5,8H2,1H3,(H,17,18). The van der Waals surface area contributed by atoms with E-state index in [2.05, 4.69) is 0 Å². The molecule has 7 heteroatoms. The molecule has 1 saturated heterocycles. The molecule has 1 aromatic carbocycles. The molecule has 104 valence electrons. The third kappa shape index (κ3) is 2.28. The van der Waals surface area contributed by atoms with E-state index in [1.165, 1.54) is 18.2 Å². The van der Waals surface area contributed by atoms with Crippen LogP contribution in [0, 0.1) is 26.9 Å². The normalized spacial score (nSPS) is 21.5. The number of carbonyl (C=O) groups is 1. The Balaban J connectivity index is 2.41. The maximum atomic E-state index is 11.2. The van der Waals surface area contributed by atoms with Gasteiger partial charge in [0, 0.05) is 19.2 Å². The fraction of sp³-hybridized carbons (Fsp3) is 0.385. The van der Waals surface area contributed by atoms with Crippen molar-refractivity contribution in [1.29, 1.82) is 5.26 Å². The minimum Gasteiger partial charge on any atom is -0.481 e. The van der Waals surface area contributed by atoms with Gasteiger partial charge in [-0.1, -0.05) is 0 Å². The first-order chi connectivity index (χ1) is 9.37. The quantitative estimate of drug-likeness (QED) is 0.665. The summed E-state index contributed by atoms with van der Waals surface area (Å²) in [6.45, 7) is 2.23. The van der Waals surface area contributed by atoms with Gasteiger partial charge in [-0.3, -0.25) is 14.9 Å². The van der Waals surface area contributed by atoms with Gasteiger partial charge in [0.15, 0.2) is 0 Å². The first kappa shape index (κ1) is 13.8. The van der Waals surface area contributed by atoms with Gasteiger partial charge in [-0.15, -0.1) is 0 Å². The molecule has 1 atom stereocenters. The van der Waals surface area contributed by atoms with Gasteiger partial charge in [0.05, 0.1) is 22.0 Å². The number of nitrogens with zero attached hydrogens (tertiary/aromatic N) is 3. The number of benzene rings is 1. The Bertz CT molecular complexity index is 623. The lowest BCUT2D eigenvalue weighted by Gasteiger charge is -2.21. The Hall–Kier alpha value is -2.62. The fourth-order valence-corrected chi connectivity index (χ4v) is 2.34. The zero-order valence-electron chi connectivity index (χ0n) is 10.9. The van der Waals surface area contributed by atoms with Crippen molar-refractivity contribution in [2.45, 2.75) is 13.3 Å². The topological polar surface area (TPSA) is 107 Å². The Kier molecular flexibility index (Phi) is 3.32. The van der Waals surface area contributed by atoms with Crippen molar-refractivity contribution in [3.05, 3.63) is 33.9 Å². The van der Waals surface area contributed by atoms with E-state index in [0.29, 0.717) is 24.2 Å². The number of nitro groups is 1. The summed E-state index contributed by atoms with van der Waals surface area (Å²) in [5, 5.41) is 29.1. The van der Waals surface area contributed by atoms with Gasteiger partial charge >= 0.3 is 5.97 Å². The molecule has 1 aromatic rings. The molecule has 0 spiro atoms. The lowest BCUT2D eigenvalue weighted by Crippen LogP contribution is -2.31. The van der Waals surface area contributed by atoms with Gasteiger partial charge in [0.2, 0.25) is 0 Å². The van der Waals surface area contributed by atoms with Gasteiger partial charge in [-0.05, 0) is 25.5 Å². The third-order valence-electron chi connectivity index (χ3n) is 3.63. The maximum Gasteiger partial charge on any atom is 0.311 e. The smallest absolute Gasteiger partial charge is 0.311 e. The Morgan fingerprint density at radius 2 is 2.30 bits per heavy atom. The molecule has 1 fully saturated rings. The highest BCUT2D eigenvalue weighted by molar-refractivity contribution is 5.77. The van der Waals surface area contributed by atoms with Gasteiger partial charge in [-0.2, -0.15) is 5.26 Å². The summed E-state index contributed by atoms with van der Waals surface area (Å²) >= 11 is 0. The van der Waals surface area contributed by atoms with Crippen molar-refractivity contribution in [3.8, 4) is 6.07 Å². The van der Waals surface area contributed by atoms with Crippen LogP contribution in [0.1, 0.15) is 18.9 Å². The minimum atomic E-state index is -0.920. The zero-order valence-corrected chi connectivity index (χ0v) is 10.9. The van der Waals surface area contributed by atoms with Crippen molar-refractivity contribution < 1.29 is 14.8 Å². The van der Waals surface area contributed by atoms with Crippen molar-refractivity contribution in [3.63, 3.8) is 0 Å². The molecule has 1 aliphatic rings. The van der Waals surface area contributed by atoms with E-state index in [0.717, 1.165) is 0 Å². The molecule has 0 aromatic heterocycles. The molecule has 0 amide bonds. The summed E-state index contributed by atoms with van der Waals surface area (Å²) in [5.74, 6) is -0.918. The highest BCUT2D eigenvalue weighted by Gasteiger charge is 2.41. The Morgan fingerprint density at radius 1 is 1.60 bits per heavy atom. The van der Waals surface area contributed by atoms with Crippen LogP contribution in [0.4, 0.5) is 11.4 Å². The molecule has 0 bridgehead atoms. The average molecular weight is 275 g/mol. The summed E-state index contributed by atoms with van der Waals surface area (Å²) in [7, 11) is 0. The lowest BCUT2D eigenvalue weighted by molar-refractivity contribution is -0.384. The molecular formula is C13H13N3O4. The monoisotopic (exact) mass is 275 g/mol. The highest BCUT2D eigenvalue weighted by atomic mass is 16.6. The first-order valence-corrected chi connectivity index (χ1v) is 6.04. The SMILES string of the molecule is CC1(C(=O)O)CCN(c2cc(C#N)ccc2[N+](=O)[O-])C1. The molecule has 1 unspecified atom stereocenters. The summed E-state index contributed by atoms with van der Waals surface area (Å²) < 4.78 is 0. The van der Waals surface area contributed by atoms with E-state index in [1.807, 2.05) is 6.07 Å². The molecule has 0 radical (unpaired) electrons. The number of aliphatic carboxylic acids is 1. The van der Waals surface area contributed by atoms with Gasteiger partial charge < -0.3 is 10.0 Å². The molecule has 0 saturated carbocycles. The first-order valence-electron chi connectivity index (χ1n) is 6.04. The van der Waals surface area contributed by atoms with Gasteiger partial charge in [-0.25, -0.2) is 0 Å². The van der Waals surface area contributed by atoms with Crippen LogP contribution < -0.4 is 4.90 Å². The number of carboxylic acid groups (broad SMARTS) is 1. The summed E-state index contributed by atoms with van der Waals surface area (Å²) in [5.41, 5.74) is -0.413. The predicted octanol–water partition coefficient (Wildman–Crippen LogP) is 1.77. The van der Waals surface area contributed by atoms with Crippen LogP contribution in [0.5, 0.6) is 0 Å². The van der Waals surface area contributed by atoms with E-state index in [-0.39, 0.29) is 12.2 Å². The summed E-state index contributed by atoms with van der Waals surface area (Å²) in [6.07, 6.45) is 0.413. The summed E-state index contributed by atoms with van der Waals surface area (Å²) in [4.78, 5) is 23.4. The second-order valence-electron chi connectivity index (χ2n) is 5.11. The molecule has 7 nitrogen and oxygen atoms in total. The molecule has 20 heavy (non-hydrogen) atoms.